The SMILES string of the molecule is CCCCCC1C=CC(C)C1. The smallest absolute Gasteiger partial charge is 0.0228 e. The number of hydrogen-bond acceptors (Lipinski definition) is 0. The van der Waals surface area contributed by atoms with E-state index < -0.39 is 0 Å². The van der Waals surface area contributed by atoms with Crippen LogP contribution < -0.4 is 0 Å². The Morgan fingerprint density at radius 2 is 2.09 bits per heavy atom. The molecular formula is C11H20. The van der Waals surface area contributed by atoms with Crippen molar-refractivity contribution >= 4 is 0 Å². The lowest BCUT2D eigenvalue weighted by Gasteiger charge is -2.07. The minimum atomic E-state index is 0.849. The first kappa shape index (κ1) is 8.83. The lowest BCUT2D eigenvalue weighted by Crippen LogP contribution is -1.94. The summed E-state index contributed by atoms with van der Waals surface area (Å²) in [6.07, 6.45) is 11.8. The van der Waals surface area contributed by atoms with Gasteiger partial charge in [-0.2, -0.15) is 0 Å². The zero-order valence-electron chi connectivity index (χ0n) is 7.84. The van der Waals surface area contributed by atoms with Gasteiger partial charge in [-0.05, 0) is 24.7 Å². The van der Waals surface area contributed by atoms with Crippen LogP contribution in [0.1, 0.15) is 46.0 Å². The van der Waals surface area contributed by atoms with Gasteiger partial charge in [-0.1, -0.05) is 45.3 Å². The summed E-state index contributed by atoms with van der Waals surface area (Å²) < 4.78 is 0. The van der Waals surface area contributed by atoms with E-state index in [0.29, 0.717) is 0 Å². The molecule has 0 amide bonds. The fourth-order valence-corrected chi connectivity index (χ4v) is 1.85. The Balaban J connectivity index is 2.05. The number of hydrogen-bond donors (Lipinski definition) is 0. The third-order valence-electron chi connectivity index (χ3n) is 2.56. The molecule has 0 aromatic rings. The summed E-state index contributed by atoms with van der Waals surface area (Å²) >= 11 is 0. The highest BCUT2D eigenvalue weighted by Gasteiger charge is 2.13. The zero-order valence-corrected chi connectivity index (χ0v) is 7.84. The van der Waals surface area contributed by atoms with Gasteiger partial charge in [0.2, 0.25) is 0 Å². The molecule has 0 spiro atoms. The predicted octanol–water partition coefficient (Wildman–Crippen LogP) is 3.78. The molecule has 0 aromatic carbocycles. The van der Waals surface area contributed by atoms with E-state index in [1.807, 2.05) is 0 Å². The lowest BCUT2D eigenvalue weighted by molar-refractivity contribution is 0.490. The topological polar surface area (TPSA) is 0 Å². The number of allylic oxidation sites excluding steroid dienone is 2. The van der Waals surface area contributed by atoms with E-state index >= 15 is 0 Å². The first-order valence-corrected chi connectivity index (χ1v) is 5.01. The molecular weight excluding hydrogens is 132 g/mol. The first-order chi connectivity index (χ1) is 5.33. The molecule has 0 saturated heterocycles. The van der Waals surface area contributed by atoms with Gasteiger partial charge in [0.1, 0.15) is 0 Å². The molecule has 0 aromatic heterocycles. The molecule has 2 unspecified atom stereocenters. The maximum Gasteiger partial charge on any atom is -0.0228 e. The van der Waals surface area contributed by atoms with Crippen LogP contribution in [-0.4, -0.2) is 0 Å². The summed E-state index contributed by atoms with van der Waals surface area (Å²) in [5.41, 5.74) is 0. The van der Waals surface area contributed by atoms with Gasteiger partial charge in [-0.15, -0.1) is 0 Å². The summed E-state index contributed by atoms with van der Waals surface area (Å²) in [6.45, 7) is 4.59. The molecule has 2 atom stereocenters. The van der Waals surface area contributed by atoms with E-state index in [1.165, 1.54) is 32.1 Å². The minimum absolute atomic E-state index is 0.849. The summed E-state index contributed by atoms with van der Waals surface area (Å²) in [6, 6.07) is 0. The van der Waals surface area contributed by atoms with Crippen molar-refractivity contribution in [1.82, 2.24) is 0 Å². The van der Waals surface area contributed by atoms with E-state index in [2.05, 4.69) is 26.0 Å². The highest BCUT2D eigenvalue weighted by Crippen LogP contribution is 2.26. The summed E-state index contributed by atoms with van der Waals surface area (Å²) in [4.78, 5) is 0. The Bertz CT molecular complexity index is 124. The van der Waals surface area contributed by atoms with Crippen LogP contribution in [0.2, 0.25) is 0 Å². The second kappa shape index (κ2) is 4.58. The molecule has 0 radical (unpaired) electrons. The van der Waals surface area contributed by atoms with Crippen LogP contribution in [0.3, 0.4) is 0 Å². The lowest BCUT2D eigenvalue weighted by atomic mass is 9.98. The van der Waals surface area contributed by atoms with Crippen LogP contribution in [0.4, 0.5) is 0 Å². The van der Waals surface area contributed by atoms with E-state index in [0.717, 1.165) is 11.8 Å². The molecule has 1 aliphatic carbocycles. The molecule has 1 aliphatic rings. The summed E-state index contributed by atoms with van der Waals surface area (Å²) in [5, 5.41) is 0. The Kier molecular flexibility index (Phi) is 3.68. The minimum Gasteiger partial charge on any atom is -0.0854 e. The van der Waals surface area contributed by atoms with Crippen molar-refractivity contribution in [3.8, 4) is 0 Å². The Hall–Kier alpha value is -0.260. The van der Waals surface area contributed by atoms with Crippen LogP contribution in [0, 0.1) is 11.8 Å². The predicted molar refractivity (Wildman–Crippen MR) is 50.6 cm³/mol. The van der Waals surface area contributed by atoms with Crippen molar-refractivity contribution < 1.29 is 0 Å². The van der Waals surface area contributed by atoms with Crippen LogP contribution >= 0.6 is 0 Å². The molecule has 0 heteroatoms. The third kappa shape index (κ3) is 3.09. The Morgan fingerprint density at radius 3 is 2.64 bits per heavy atom. The van der Waals surface area contributed by atoms with E-state index in [1.54, 1.807) is 0 Å². The zero-order chi connectivity index (χ0) is 8.10. The van der Waals surface area contributed by atoms with Gasteiger partial charge in [0, 0.05) is 0 Å². The molecule has 0 nitrogen and oxygen atoms in total. The van der Waals surface area contributed by atoms with Gasteiger partial charge in [0.05, 0.1) is 0 Å². The molecule has 0 fully saturated rings. The van der Waals surface area contributed by atoms with Crippen LogP contribution in [0.5, 0.6) is 0 Å². The van der Waals surface area contributed by atoms with Crippen molar-refractivity contribution in [2.75, 3.05) is 0 Å². The standard InChI is InChI=1S/C11H20/c1-3-4-5-6-11-8-7-10(2)9-11/h7-8,10-11H,3-6,9H2,1-2H3. The normalized spacial score (nSPS) is 29.6. The summed E-state index contributed by atoms with van der Waals surface area (Å²) in [7, 11) is 0. The first-order valence-electron chi connectivity index (χ1n) is 5.01. The molecule has 64 valence electrons. The van der Waals surface area contributed by atoms with E-state index in [-0.39, 0.29) is 0 Å². The van der Waals surface area contributed by atoms with Crippen LogP contribution in [0.15, 0.2) is 12.2 Å². The van der Waals surface area contributed by atoms with Gasteiger partial charge in [-0.25, -0.2) is 0 Å². The van der Waals surface area contributed by atoms with Crippen molar-refractivity contribution in [2.24, 2.45) is 11.8 Å². The molecule has 11 heavy (non-hydrogen) atoms. The molecule has 0 aliphatic heterocycles. The number of rotatable bonds is 4. The van der Waals surface area contributed by atoms with Gasteiger partial charge in [0.25, 0.3) is 0 Å². The van der Waals surface area contributed by atoms with Crippen LogP contribution in [0.25, 0.3) is 0 Å². The van der Waals surface area contributed by atoms with Crippen molar-refractivity contribution in [2.45, 2.75) is 46.0 Å². The molecule has 0 bridgehead atoms. The molecule has 0 N–H and O–H groups in total. The van der Waals surface area contributed by atoms with Gasteiger partial charge in [0.15, 0.2) is 0 Å². The second-order valence-corrected chi connectivity index (χ2v) is 3.85. The molecule has 1 rings (SSSR count). The van der Waals surface area contributed by atoms with Crippen molar-refractivity contribution in [3.05, 3.63) is 12.2 Å². The van der Waals surface area contributed by atoms with Gasteiger partial charge in [-0.3, -0.25) is 0 Å². The van der Waals surface area contributed by atoms with Crippen molar-refractivity contribution in [1.29, 1.82) is 0 Å². The quantitative estimate of drug-likeness (QED) is 0.425. The second-order valence-electron chi connectivity index (χ2n) is 3.85. The van der Waals surface area contributed by atoms with Gasteiger partial charge >= 0.3 is 0 Å². The average molecular weight is 152 g/mol. The maximum atomic E-state index is 2.42. The molecule has 0 saturated carbocycles. The molecule has 0 heterocycles. The van der Waals surface area contributed by atoms with E-state index in [9.17, 15) is 0 Å². The monoisotopic (exact) mass is 152 g/mol. The largest absolute Gasteiger partial charge is 0.0854 e. The average Bonchev–Trinajstić information content (AvgIpc) is 2.37. The van der Waals surface area contributed by atoms with Crippen molar-refractivity contribution in [3.63, 3.8) is 0 Å². The fraction of sp³-hybridized carbons (Fsp3) is 0.818. The summed E-state index contributed by atoms with van der Waals surface area (Å²) in [5.74, 6) is 1.76. The van der Waals surface area contributed by atoms with Crippen LogP contribution in [-0.2, 0) is 0 Å². The maximum absolute atomic E-state index is 2.42. The highest BCUT2D eigenvalue weighted by molar-refractivity contribution is 4.99. The third-order valence-corrected chi connectivity index (χ3v) is 2.56. The Labute approximate surface area is 70.7 Å². The van der Waals surface area contributed by atoms with E-state index in [4.69, 9.17) is 0 Å². The Morgan fingerprint density at radius 1 is 1.27 bits per heavy atom. The highest BCUT2D eigenvalue weighted by atomic mass is 14.2. The van der Waals surface area contributed by atoms with Gasteiger partial charge < -0.3 is 0 Å². The number of unbranched alkanes of at least 4 members (excludes halogenated alkanes) is 2. The fourth-order valence-electron chi connectivity index (χ4n) is 1.85.